The van der Waals surface area contributed by atoms with Crippen molar-refractivity contribution in [3.8, 4) is 28.5 Å². The van der Waals surface area contributed by atoms with Gasteiger partial charge in [-0.25, -0.2) is 0 Å². The molecule has 12 heteroatoms. The molecule has 3 aromatic rings. The van der Waals surface area contributed by atoms with Gasteiger partial charge in [0.2, 0.25) is 11.7 Å². The second-order valence-electron chi connectivity index (χ2n) is 6.70. The quantitative estimate of drug-likeness (QED) is 0.394. The Kier molecular flexibility index (Phi) is 8.11. The Bertz CT molecular complexity index is 1150. The third-order valence-corrected chi connectivity index (χ3v) is 5.77. The van der Waals surface area contributed by atoms with Crippen molar-refractivity contribution in [1.82, 2.24) is 10.2 Å². The normalized spacial score (nSPS) is 11.1. The first-order valence-electron chi connectivity index (χ1n) is 9.59. The number of carbonyl (C=O) groups excluding carboxylic acids is 1. The molecule has 2 aromatic carbocycles. The van der Waals surface area contributed by atoms with Gasteiger partial charge in [-0.2, -0.15) is 13.2 Å². The second-order valence-corrected chi connectivity index (χ2v) is 8.10. The summed E-state index contributed by atoms with van der Waals surface area (Å²) in [5, 5.41) is 11.1. The van der Waals surface area contributed by atoms with Crippen LogP contribution in [0, 0.1) is 0 Å². The zero-order valence-electron chi connectivity index (χ0n) is 18.2. The molecule has 0 unspecified atom stereocenters. The lowest BCUT2D eigenvalue weighted by atomic mass is 10.1. The minimum Gasteiger partial charge on any atom is -0.493 e. The Morgan fingerprint density at radius 2 is 1.68 bits per heavy atom. The molecular formula is C22H19ClF3N3O4S. The number of aromatic nitrogens is 2. The average molecular weight is 514 g/mol. The van der Waals surface area contributed by atoms with E-state index in [2.05, 4.69) is 15.5 Å². The third-order valence-electron chi connectivity index (χ3n) is 4.52. The summed E-state index contributed by atoms with van der Waals surface area (Å²) in [6, 6.07) is 9.54. The summed E-state index contributed by atoms with van der Waals surface area (Å²) in [4.78, 5) is 12.2. The van der Waals surface area contributed by atoms with Gasteiger partial charge in [0.05, 0.1) is 49.0 Å². The van der Waals surface area contributed by atoms with Crippen LogP contribution in [0.25, 0.3) is 11.3 Å². The van der Waals surface area contributed by atoms with E-state index in [1.807, 2.05) is 0 Å². The lowest BCUT2D eigenvalue weighted by Crippen LogP contribution is -2.15. The van der Waals surface area contributed by atoms with Crippen LogP contribution in [0.3, 0.4) is 0 Å². The Labute approximate surface area is 202 Å². The largest absolute Gasteiger partial charge is 0.493 e. The molecular weight excluding hydrogens is 495 g/mol. The van der Waals surface area contributed by atoms with Gasteiger partial charge in [-0.05, 0) is 42.5 Å². The summed E-state index contributed by atoms with van der Waals surface area (Å²) >= 11 is 6.98. The summed E-state index contributed by atoms with van der Waals surface area (Å²) in [5.74, 6) is 0.719. The van der Waals surface area contributed by atoms with E-state index in [4.69, 9.17) is 25.8 Å². The summed E-state index contributed by atoms with van der Waals surface area (Å²) in [6.07, 6.45) is -4.55. The Balaban J connectivity index is 1.68. The Morgan fingerprint density at radius 1 is 1.00 bits per heavy atom. The van der Waals surface area contributed by atoms with Crippen LogP contribution in [0.5, 0.6) is 17.2 Å². The van der Waals surface area contributed by atoms with Crippen LogP contribution in [0.4, 0.5) is 18.9 Å². The molecule has 0 saturated carbocycles. The van der Waals surface area contributed by atoms with Crippen molar-refractivity contribution in [2.45, 2.75) is 11.2 Å². The van der Waals surface area contributed by atoms with Crippen molar-refractivity contribution < 1.29 is 32.2 Å². The minimum absolute atomic E-state index is 0.000780. The van der Waals surface area contributed by atoms with Crippen molar-refractivity contribution in [1.29, 1.82) is 0 Å². The van der Waals surface area contributed by atoms with Gasteiger partial charge in [0, 0.05) is 5.56 Å². The monoisotopic (exact) mass is 513 g/mol. The molecule has 0 bridgehead atoms. The third kappa shape index (κ3) is 6.03. The standard InChI is InChI=1S/C22H19ClF3N3O4S/c1-31-17-8-12(9-18(32-2)21(17)33-3)15-6-7-20(29-28-15)34-11-19(30)27-16-10-13(22(24,25)26)4-5-14(16)23/h4-10H,11H2,1-3H3,(H,27,30). The maximum Gasteiger partial charge on any atom is 0.416 e. The first-order chi connectivity index (χ1) is 16.2. The molecule has 1 aromatic heterocycles. The van der Waals surface area contributed by atoms with Crippen molar-refractivity contribution >= 4 is 35.0 Å². The van der Waals surface area contributed by atoms with Crippen LogP contribution in [0.1, 0.15) is 5.56 Å². The fourth-order valence-corrected chi connectivity index (χ4v) is 3.68. The SMILES string of the molecule is COc1cc(-c2ccc(SCC(=O)Nc3cc(C(F)(F)F)ccc3Cl)nn2)cc(OC)c1OC. The molecule has 1 amide bonds. The van der Waals surface area contributed by atoms with Crippen molar-refractivity contribution in [2.75, 3.05) is 32.4 Å². The molecule has 34 heavy (non-hydrogen) atoms. The molecule has 7 nitrogen and oxygen atoms in total. The van der Waals surface area contributed by atoms with Crippen molar-refractivity contribution in [2.24, 2.45) is 0 Å². The number of halogens is 4. The number of anilines is 1. The van der Waals surface area contributed by atoms with Crippen LogP contribution in [0.15, 0.2) is 47.5 Å². The van der Waals surface area contributed by atoms with Gasteiger partial charge in [0.25, 0.3) is 0 Å². The number of carbonyl (C=O) groups is 1. The van der Waals surface area contributed by atoms with E-state index in [1.165, 1.54) is 21.3 Å². The van der Waals surface area contributed by atoms with Gasteiger partial charge in [0.1, 0.15) is 5.03 Å². The Morgan fingerprint density at radius 3 is 2.21 bits per heavy atom. The smallest absolute Gasteiger partial charge is 0.416 e. The zero-order valence-corrected chi connectivity index (χ0v) is 19.8. The number of alkyl halides is 3. The van der Waals surface area contributed by atoms with E-state index in [1.54, 1.807) is 24.3 Å². The second kappa shape index (κ2) is 10.8. The number of methoxy groups -OCH3 is 3. The molecule has 0 spiro atoms. The molecule has 180 valence electrons. The van der Waals surface area contributed by atoms with E-state index in [0.29, 0.717) is 33.5 Å². The number of amides is 1. The van der Waals surface area contributed by atoms with E-state index < -0.39 is 17.6 Å². The lowest BCUT2D eigenvalue weighted by Gasteiger charge is -2.13. The molecule has 0 atom stereocenters. The molecule has 3 rings (SSSR count). The Hall–Kier alpha value is -3.18. The molecule has 0 aliphatic rings. The zero-order chi connectivity index (χ0) is 24.9. The summed E-state index contributed by atoms with van der Waals surface area (Å²) < 4.78 is 54.6. The van der Waals surface area contributed by atoms with Crippen molar-refractivity contribution in [3.05, 3.63) is 53.1 Å². The fourth-order valence-electron chi connectivity index (χ4n) is 2.90. The van der Waals surface area contributed by atoms with E-state index in [0.717, 1.165) is 30.0 Å². The fraction of sp³-hybridized carbons (Fsp3) is 0.227. The van der Waals surface area contributed by atoms with Gasteiger partial charge < -0.3 is 19.5 Å². The highest BCUT2D eigenvalue weighted by atomic mass is 35.5. The molecule has 1 heterocycles. The number of hydrogen-bond acceptors (Lipinski definition) is 7. The first kappa shape index (κ1) is 25.4. The molecule has 0 saturated heterocycles. The minimum atomic E-state index is -4.55. The van der Waals surface area contributed by atoms with Crippen LogP contribution in [0.2, 0.25) is 5.02 Å². The maximum absolute atomic E-state index is 12.9. The van der Waals surface area contributed by atoms with Gasteiger partial charge in [-0.15, -0.1) is 10.2 Å². The summed E-state index contributed by atoms with van der Waals surface area (Å²) in [6.45, 7) is 0. The highest BCUT2D eigenvalue weighted by Gasteiger charge is 2.31. The van der Waals surface area contributed by atoms with Crippen LogP contribution in [-0.2, 0) is 11.0 Å². The van der Waals surface area contributed by atoms with Crippen LogP contribution >= 0.6 is 23.4 Å². The molecule has 0 aliphatic heterocycles. The summed E-state index contributed by atoms with van der Waals surface area (Å²) in [5.41, 5.74) is 0.179. The van der Waals surface area contributed by atoms with Gasteiger partial charge in [-0.1, -0.05) is 23.4 Å². The number of rotatable bonds is 8. The van der Waals surface area contributed by atoms with Gasteiger partial charge in [0.15, 0.2) is 11.5 Å². The number of nitrogens with zero attached hydrogens (tertiary/aromatic N) is 2. The van der Waals surface area contributed by atoms with Gasteiger partial charge >= 0.3 is 6.18 Å². The van der Waals surface area contributed by atoms with E-state index >= 15 is 0 Å². The predicted octanol–water partition coefficient (Wildman–Crippen LogP) is 5.57. The molecule has 0 radical (unpaired) electrons. The van der Waals surface area contributed by atoms with E-state index in [9.17, 15) is 18.0 Å². The summed E-state index contributed by atoms with van der Waals surface area (Å²) in [7, 11) is 4.51. The number of hydrogen-bond donors (Lipinski definition) is 1. The number of ether oxygens (including phenoxy) is 3. The predicted molar refractivity (Wildman–Crippen MR) is 123 cm³/mol. The topological polar surface area (TPSA) is 82.6 Å². The molecule has 1 N–H and O–H groups in total. The number of nitrogens with one attached hydrogen (secondary N) is 1. The molecule has 0 fully saturated rings. The number of benzene rings is 2. The van der Waals surface area contributed by atoms with Crippen LogP contribution in [-0.4, -0.2) is 43.2 Å². The first-order valence-corrected chi connectivity index (χ1v) is 11.0. The van der Waals surface area contributed by atoms with E-state index in [-0.39, 0.29) is 16.5 Å². The lowest BCUT2D eigenvalue weighted by molar-refractivity contribution is -0.137. The van der Waals surface area contributed by atoms with Crippen molar-refractivity contribution in [3.63, 3.8) is 0 Å². The average Bonchev–Trinajstić information content (AvgIpc) is 2.82. The molecule has 0 aliphatic carbocycles. The van der Waals surface area contributed by atoms with Gasteiger partial charge in [-0.3, -0.25) is 4.79 Å². The highest BCUT2D eigenvalue weighted by molar-refractivity contribution is 7.99. The number of thioether (sulfide) groups is 1. The maximum atomic E-state index is 12.9. The van der Waals surface area contributed by atoms with Crippen LogP contribution < -0.4 is 19.5 Å². The highest BCUT2D eigenvalue weighted by Crippen LogP contribution is 2.41.